The lowest BCUT2D eigenvalue weighted by Gasteiger charge is -1.93. The maximum Gasteiger partial charge on any atom is 0.293 e. The average molecular weight is 294 g/mol. The van der Waals surface area contributed by atoms with E-state index in [1.54, 1.807) is 30.2 Å². The maximum absolute atomic E-state index is 5.65. The Balaban J connectivity index is 1.69. The Morgan fingerprint density at radius 1 is 1.42 bits per heavy atom. The number of thioether (sulfide) groups is 1. The molecule has 0 amide bonds. The maximum atomic E-state index is 5.65. The zero-order valence-electron chi connectivity index (χ0n) is 9.99. The highest BCUT2D eigenvalue weighted by molar-refractivity contribution is 8.00. The van der Waals surface area contributed by atoms with E-state index in [0.29, 0.717) is 28.4 Å². The molecule has 0 aliphatic heterocycles. The van der Waals surface area contributed by atoms with Crippen LogP contribution < -0.4 is 5.73 Å². The second kappa shape index (κ2) is 5.06. The summed E-state index contributed by atoms with van der Waals surface area (Å²) >= 11 is 3.06. The second-order valence-electron chi connectivity index (χ2n) is 3.71. The van der Waals surface area contributed by atoms with Crippen LogP contribution in [0.25, 0.3) is 11.7 Å². The molecule has 0 saturated heterocycles. The van der Waals surface area contributed by atoms with Gasteiger partial charge in [0.25, 0.3) is 5.89 Å². The first-order valence-electron chi connectivity index (χ1n) is 5.44. The van der Waals surface area contributed by atoms with Gasteiger partial charge in [-0.05, 0) is 19.1 Å². The Bertz CT molecular complexity index is 675. The highest BCUT2D eigenvalue weighted by atomic mass is 32.2. The fourth-order valence-electron chi connectivity index (χ4n) is 1.48. The number of hydrogen-bond donors (Lipinski definition) is 1. The zero-order valence-corrected chi connectivity index (χ0v) is 11.6. The predicted octanol–water partition coefficient (Wildman–Crippen LogP) is 2.97. The summed E-state index contributed by atoms with van der Waals surface area (Å²) in [6.07, 6.45) is 1.57. The number of nitrogens with zero attached hydrogens (tertiary/aromatic N) is 3. The van der Waals surface area contributed by atoms with Crippen molar-refractivity contribution in [1.29, 1.82) is 0 Å². The van der Waals surface area contributed by atoms with E-state index >= 15 is 0 Å². The standard InChI is InChI=1S/C11H10N4O2S2/c1-6-10(19-11(12)13-6)18-5-8-14-9(17-15-8)7-3-2-4-16-7/h2-4H,5H2,1H3,(H2,12,13). The van der Waals surface area contributed by atoms with Crippen LogP contribution in [0.2, 0.25) is 0 Å². The van der Waals surface area contributed by atoms with E-state index in [4.69, 9.17) is 14.7 Å². The molecule has 2 N–H and O–H groups in total. The molecule has 0 fully saturated rings. The third-order valence-electron chi connectivity index (χ3n) is 2.30. The molecule has 19 heavy (non-hydrogen) atoms. The number of aromatic nitrogens is 3. The van der Waals surface area contributed by atoms with Crippen molar-refractivity contribution >= 4 is 28.2 Å². The van der Waals surface area contributed by atoms with Crippen LogP contribution in [0, 0.1) is 6.92 Å². The number of nitrogens with two attached hydrogens (primary N) is 1. The van der Waals surface area contributed by atoms with Gasteiger partial charge in [-0.2, -0.15) is 4.98 Å². The number of nitrogen functional groups attached to an aromatic ring is 1. The SMILES string of the molecule is Cc1nc(N)sc1SCc1noc(-c2ccco2)n1. The van der Waals surface area contributed by atoms with Gasteiger partial charge in [0.2, 0.25) is 0 Å². The minimum absolute atomic E-state index is 0.390. The topological polar surface area (TPSA) is 91.0 Å². The number of aryl methyl sites for hydroxylation is 1. The van der Waals surface area contributed by atoms with Gasteiger partial charge in [-0.3, -0.25) is 0 Å². The molecule has 0 unspecified atom stereocenters. The van der Waals surface area contributed by atoms with E-state index in [0.717, 1.165) is 9.90 Å². The van der Waals surface area contributed by atoms with Crippen LogP contribution >= 0.6 is 23.1 Å². The van der Waals surface area contributed by atoms with E-state index in [-0.39, 0.29) is 0 Å². The molecule has 0 radical (unpaired) electrons. The van der Waals surface area contributed by atoms with Gasteiger partial charge >= 0.3 is 0 Å². The molecule has 3 aromatic heterocycles. The molecular formula is C11H10N4O2S2. The van der Waals surface area contributed by atoms with E-state index < -0.39 is 0 Å². The predicted molar refractivity (Wildman–Crippen MR) is 72.8 cm³/mol. The average Bonchev–Trinajstić information content (AvgIpc) is 3.07. The van der Waals surface area contributed by atoms with Gasteiger partial charge in [0, 0.05) is 0 Å². The quantitative estimate of drug-likeness (QED) is 0.739. The highest BCUT2D eigenvalue weighted by Crippen LogP contribution is 2.32. The van der Waals surface area contributed by atoms with Gasteiger partial charge in [0.05, 0.1) is 21.9 Å². The summed E-state index contributed by atoms with van der Waals surface area (Å²) in [5.74, 6) is 2.18. The van der Waals surface area contributed by atoms with E-state index in [1.165, 1.54) is 11.3 Å². The zero-order chi connectivity index (χ0) is 13.2. The smallest absolute Gasteiger partial charge is 0.293 e. The lowest BCUT2D eigenvalue weighted by atomic mass is 10.4. The highest BCUT2D eigenvalue weighted by Gasteiger charge is 2.13. The van der Waals surface area contributed by atoms with E-state index in [2.05, 4.69) is 15.1 Å². The molecule has 0 aliphatic carbocycles. The molecule has 8 heteroatoms. The van der Waals surface area contributed by atoms with E-state index in [1.807, 2.05) is 6.92 Å². The normalized spacial score (nSPS) is 11.0. The van der Waals surface area contributed by atoms with Crippen LogP contribution in [-0.4, -0.2) is 15.1 Å². The van der Waals surface area contributed by atoms with Crippen LogP contribution in [0.15, 0.2) is 31.5 Å². The molecule has 3 heterocycles. The first kappa shape index (κ1) is 12.2. The number of anilines is 1. The Kier molecular flexibility index (Phi) is 3.26. The van der Waals surface area contributed by atoms with Crippen molar-refractivity contribution in [2.24, 2.45) is 0 Å². The van der Waals surface area contributed by atoms with Gasteiger partial charge < -0.3 is 14.7 Å². The lowest BCUT2D eigenvalue weighted by Crippen LogP contribution is -1.84. The second-order valence-corrected chi connectivity index (χ2v) is 5.98. The summed E-state index contributed by atoms with van der Waals surface area (Å²) in [6, 6.07) is 3.55. The monoisotopic (exact) mass is 294 g/mol. The van der Waals surface area contributed by atoms with Gasteiger partial charge in [-0.15, -0.1) is 11.8 Å². The Hall–Kier alpha value is -1.80. The minimum atomic E-state index is 0.390. The molecule has 0 atom stereocenters. The van der Waals surface area contributed by atoms with Crippen LogP contribution in [0.4, 0.5) is 5.13 Å². The number of rotatable bonds is 4. The Morgan fingerprint density at radius 3 is 3.00 bits per heavy atom. The van der Waals surface area contributed by atoms with Crippen LogP contribution in [0.5, 0.6) is 0 Å². The number of hydrogen-bond acceptors (Lipinski definition) is 8. The van der Waals surface area contributed by atoms with Crippen molar-refractivity contribution in [2.75, 3.05) is 5.73 Å². The van der Waals surface area contributed by atoms with Crippen LogP contribution in [-0.2, 0) is 5.75 Å². The third kappa shape index (κ3) is 2.64. The van der Waals surface area contributed by atoms with Crippen molar-refractivity contribution < 1.29 is 8.94 Å². The number of furan rings is 1. The summed E-state index contributed by atoms with van der Waals surface area (Å²) in [6.45, 7) is 1.93. The van der Waals surface area contributed by atoms with Gasteiger partial charge in [-0.1, -0.05) is 16.5 Å². The molecule has 98 valence electrons. The lowest BCUT2D eigenvalue weighted by molar-refractivity contribution is 0.411. The fourth-order valence-corrected chi connectivity index (χ4v) is 3.35. The first-order valence-corrected chi connectivity index (χ1v) is 7.25. The molecular weight excluding hydrogens is 284 g/mol. The summed E-state index contributed by atoms with van der Waals surface area (Å²) < 4.78 is 11.4. The van der Waals surface area contributed by atoms with Gasteiger partial charge in [-0.25, -0.2) is 4.98 Å². The molecule has 0 aromatic carbocycles. The molecule has 6 nitrogen and oxygen atoms in total. The third-order valence-corrected chi connectivity index (χ3v) is 4.65. The fraction of sp³-hybridized carbons (Fsp3) is 0.182. The summed E-state index contributed by atoms with van der Waals surface area (Å²) in [5.41, 5.74) is 6.58. The van der Waals surface area contributed by atoms with E-state index in [9.17, 15) is 0 Å². The van der Waals surface area contributed by atoms with Crippen molar-refractivity contribution in [3.05, 3.63) is 29.9 Å². The molecule has 0 saturated carbocycles. The largest absolute Gasteiger partial charge is 0.459 e. The molecule has 3 rings (SSSR count). The summed E-state index contributed by atoms with van der Waals surface area (Å²) in [5, 5.41) is 4.48. The summed E-state index contributed by atoms with van der Waals surface area (Å²) in [7, 11) is 0. The summed E-state index contributed by atoms with van der Waals surface area (Å²) in [4.78, 5) is 8.43. The van der Waals surface area contributed by atoms with Crippen molar-refractivity contribution in [3.63, 3.8) is 0 Å². The van der Waals surface area contributed by atoms with Crippen LogP contribution in [0.1, 0.15) is 11.5 Å². The van der Waals surface area contributed by atoms with Crippen molar-refractivity contribution in [3.8, 4) is 11.7 Å². The van der Waals surface area contributed by atoms with Crippen LogP contribution in [0.3, 0.4) is 0 Å². The molecule has 0 bridgehead atoms. The van der Waals surface area contributed by atoms with Crippen molar-refractivity contribution in [1.82, 2.24) is 15.1 Å². The Morgan fingerprint density at radius 2 is 2.32 bits per heavy atom. The molecule has 0 spiro atoms. The first-order chi connectivity index (χ1) is 9.22. The minimum Gasteiger partial charge on any atom is -0.459 e. The molecule has 3 aromatic rings. The van der Waals surface area contributed by atoms with Gasteiger partial charge in [0.1, 0.15) is 0 Å². The number of thiazole rings is 1. The van der Waals surface area contributed by atoms with Gasteiger partial charge in [0.15, 0.2) is 16.7 Å². The Labute approximate surface area is 117 Å². The molecule has 0 aliphatic rings. The van der Waals surface area contributed by atoms with Crippen molar-refractivity contribution in [2.45, 2.75) is 16.9 Å².